The van der Waals surface area contributed by atoms with Crippen molar-refractivity contribution in [1.82, 2.24) is 38.7 Å². The van der Waals surface area contributed by atoms with Crippen LogP contribution in [0.3, 0.4) is 0 Å². The maximum absolute atomic E-state index is 13.6. The minimum Gasteiger partial charge on any atom is -0.494 e. The molecule has 2 aliphatic rings. The number of anilines is 2. The third-order valence-electron chi connectivity index (χ3n) is 10.6. The Kier molecular flexibility index (Phi) is 12.2. The number of primary amides is 2. The van der Waals surface area contributed by atoms with E-state index in [2.05, 4.69) is 25.3 Å². The SMILES string of the molecule is CCn1nc(C)cc1C(=O)Nc1nc2cc(C(N)=O)cc(OC)c2n1C/C=C/Cn1c(N)nc2cc(C(N)=O)cc(OCCCN3CC4(C3)CN(C(=O)OC(C)(C)C)CCO4)c21. The molecule has 1 spiro atoms. The van der Waals surface area contributed by atoms with Crippen LogP contribution in [0.5, 0.6) is 11.5 Å². The average molecular weight is 855 g/mol. The molecular weight excluding hydrogens is 801 g/mol. The lowest BCUT2D eigenvalue weighted by molar-refractivity contribution is -0.180. The molecule has 20 heteroatoms. The quantitative estimate of drug-likeness (QED) is 0.0872. The Balaban J connectivity index is 1.06. The van der Waals surface area contributed by atoms with Crippen molar-refractivity contribution in [3.05, 3.63) is 65.0 Å². The minimum absolute atomic E-state index is 0.194. The highest BCUT2D eigenvalue weighted by Crippen LogP contribution is 2.33. The van der Waals surface area contributed by atoms with E-state index in [0.717, 1.165) is 6.54 Å². The van der Waals surface area contributed by atoms with Crippen LogP contribution >= 0.6 is 0 Å². The normalized spacial score (nSPS) is 15.4. The fourth-order valence-electron chi connectivity index (χ4n) is 7.90. The van der Waals surface area contributed by atoms with Crippen molar-refractivity contribution in [2.75, 3.05) is 64.1 Å². The Hall–Kier alpha value is -6.67. The first-order valence-corrected chi connectivity index (χ1v) is 20.4. The van der Waals surface area contributed by atoms with Crippen LogP contribution in [0.15, 0.2) is 42.5 Å². The number of allylic oxidation sites excluding steroid dienone is 2. The number of morpholine rings is 1. The summed E-state index contributed by atoms with van der Waals surface area (Å²) in [6.07, 6.45) is 4.07. The highest BCUT2D eigenvalue weighted by Gasteiger charge is 2.48. The maximum Gasteiger partial charge on any atom is 0.410 e. The third kappa shape index (κ3) is 9.15. The lowest BCUT2D eigenvalue weighted by Crippen LogP contribution is -2.70. The predicted molar refractivity (Wildman–Crippen MR) is 230 cm³/mol. The molecular formula is C42H54N12O8. The van der Waals surface area contributed by atoms with Gasteiger partial charge in [0.05, 0.1) is 43.6 Å². The van der Waals surface area contributed by atoms with E-state index < -0.39 is 28.9 Å². The van der Waals surface area contributed by atoms with Crippen molar-refractivity contribution >= 4 is 57.8 Å². The molecule has 20 nitrogen and oxygen atoms in total. The first-order valence-electron chi connectivity index (χ1n) is 20.4. The fourth-order valence-corrected chi connectivity index (χ4v) is 7.90. The molecule has 330 valence electrons. The van der Waals surface area contributed by atoms with Gasteiger partial charge in [-0.2, -0.15) is 5.10 Å². The topological polar surface area (TPSA) is 255 Å². The van der Waals surface area contributed by atoms with Crippen molar-refractivity contribution in [2.24, 2.45) is 11.5 Å². The number of carbonyl (C=O) groups is 4. The number of imidazole rings is 2. The van der Waals surface area contributed by atoms with Gasteiger partial charge in [0, 0.05) is 56.9 Å². The number of fused-ring (bicyclic) bond motifs is 2. The molecule has 0 saturated carbocycles. The van der Waals surface area contributed by atoms with Crippen molar-refractivity contribution in [1.29, 1.82) is 0 Å². The number of nitrogens with zero attached hydrogens (tertiary/aromatic N) is 8. The Morgan fingerprint density at radius 1 is 0.919 bits per heavy atom. The molecule has 0 bridgehead atoms. The summed E-state index contributed by atoms with van der Waals surface area (Å²) in [4.78, 5) is 63.9. The molecule has 2 aromatic carbocycles. The highest BCUT2D eigenvalue weighted by atomic mass is 16.6. The zero-order valence-electron chi connectivity index (χ0n) is 35.9. The molecule has 0 aliphatic carbocycles. The van der Waals surface area contributed by atoms with Gasteiger partial charge in [-0.25, -0.2) is 14.8 Å². The monoisotopic (exact) mass is 854 g/mol. The first-order chi connectivity index (χ1) is 29.5. The second kappa shape index (κ2) is 17.4. The summed E-state index contributed by atoms with van der Waals surface area (Å²) in [6.45, 7) is 14.0. The van der Waals surface area contributed by atoms with Crippen LogP contribution in [0, 0.1) is 6.92 Å². The number of rotatable bonds is 15. The largest absolute Gasteiger partial charge is 0.494 e. The molecule has 7 N–H and O–H groups in total. The zero-order chi connectivity index (χ0) is 44.5. The lowest BCUT2D eigenvalue weighted by atomic mass is 9.91. The lowest BCUT2D eigenvalue weighted by Gasteiger charge is -2.53. The van der Waals surface area contributed by atoms with Crippen molar-refractivity contribution in [3.8, 4) is 11.5 Å². The molecule has 0 atom stereocenters. The fraction of sp³-hybridized carbons (Fsp3) is 0.452. The molecule has 3 aromatic heterocycles. The van der Waals surface area contributed by atoms with Crippen LogP contribution in [0.4, 0.5) is 16.7 Å². The molecule has 5 aromatic rings. The van der Waals surface area contributed by atoms with Crippen LogP contribution in [-0.2, 0) is 29.1 Å². The van der Waals surface area contributed by atoms with Crippen LogP contribution in [0.1, 0.15) is 71.0 Å². The summed E-state index contributed by atoms with van der Waals surface area (Å²) in [6, 6.07) is 7.94. The highest BCUT2D eigenvalue weighted by molar-refractivity contribution is 6.04. The van der Waals surface area contributed by atoms with E-state index in [0.29, 0.717) is 97.3 Å². The van der Waals surface area contributed by atoms with Crippen molar-refractivity contribution in [3.63, 3.8) is 0 Å². The Labute approximate surface area is 357 Å². The van der Waals surface area contributed by atoms with Gasteiger partial charge >= 0.3 is 6.09 Å². The number of nitrogens with two attached hydrogens (primary N) is 3. The van der Waals surface area contributed by atoms with E-state index in [9.17, 15) is 19.2 Å². The average Bonchev–Trinajstić information content (AvgIpc) is 3.87. The number of amides is 4. The van der Waals surface area contributed by atoms with Gasteiger partial charge in [-0.05, 0) is 71.4 Å². The van der Waals surface area contributed by atoms with E-state index in [1.807, 2.05) is 46.8 Å². The summed E-state index contributed by atoms with van der Waals surface area (Å²) in [5.74, 6) is -0.560. The van der Waals surface area contributed by atoms with Crippen molar-refractivity contribution in [2.45, 2.75) is 71.9 Å². The van der Waals surface area contributed by atoms with Gasteiger partial charge in [0.25, 0.3) is 5.91 Å². The summed E-state index contributed by atoms with van der Waals surface area (Å²) >= 11 is 0. The van der Waals surface area contributed by atoms with Gasteiger partial charge < -0.3 is 50.2 Å². The second-order valence-electron chi connectivity index (χ2n) is 16.5. The number of aromatic nitrogens is 6. The third-order valence-corrected chi connectivity index (χ3v) is 10.6. The summed E-state index contributed by atoms with van der Waals surface area (Å²) in [5.41, 5.74) is 20.2. The van der Waals surface area contributed by atoms with Crippen LogP contribution in [-0.4, -0.2) is 127 Å². The Morgan fingerprint density at radius 2 is 1.56 bits per heavy atom. The Morgan fingerprint density at radius 3 is 2.21 bits per heavy atom. The number of hydrogen-bond acceptors (Lipinski definition) is 13. The van der Waals surface area contributed by atoms with Crippen molar-refractivity contribution < 1.29 is 38.1 Å². The summed E-state index contributed by atoms with van der Waals surface area (Å²) < 4.78 is 28.8. The number of hydrogen-bond donors (Lipinski definition) is 4. The van der Waals surface area contributed by atoms with Gasteiger partial charge in [-0.15, -0.1) is 0 Å². The molecule has 5 heterocycles. The van der Waals surface area contributed by atoms with Gasteiger partial charge in [0.15, 0.2) is 0 Å². The molecule has 4 amide bonds. The number of benzene rings is 2. The Bertz CT molecular complexity index is 2560. The second-order valence-corrected chi connectivity index (χ2v) is 16.5. The molecule has 2 fully saturated rings. The number of likely N-dealkylation sites (tertiary alicyclic amines) is 1. The molecule has 2 aliphatic heterocycles. The predicted octanol–water partition coefficient (Wildman–Crippen LogP) is 3.30. The van der Waals surface area contributed by atoms with E-state index in [1.54, 1.807) is 43.0 Å². The van der Waals surface area contributed by atoms with Crippen LogP contribution in [0.2, 0.25) is 0 Å². The molecule has 7 rings (SSSR count). The maximum atomic E-state index is 13.6. The van der Waals surface area contributed by atoms with E-state index in [4.69, 9.17) is 36.1 Å². The number of nitrogen functional groups attached to an aromatic ring is 1. The molecule has 0 unspecified atom stereocenters. The molecule has 2 saturated heterocycles. The smallest absolute Gasteiger partial charge is 0.410 e. The van der Waals surface area contributed by atoms with E-state index >= 15 is 0 Å². The van der Waals surface area contributed by atoms with Gasteiger partial charge in [0.1, 0.15) is 39.4 Å². The van der Waals surface area contributed by atoms with Crippen LogP contribution in [0.25, 0.3) is 22.1 Å². The standard InChI is InChI=1S/C42H54N12O8/c1-7-54-30(17-25(2)49-54)37(57)48-39-47-29-19-26(35(43)55)20-31(59-6)33(29)53(39)13-9-8-12-52-34-28(46-38(52)45)18-27(36(44)56)21-32(34)60-15-10-11-50-22-42(23-50)24-51(14-16-61-42)40(58)62-41(3,4)5/h8-9,17-21H,7,10-16,22-24H2,1-6H3,(H2,43,55)(H2,44,56)(H2,45,46)(H,47,48,57)/b9-8+. The van der Waals surface area contributed by atoms with Crippen LogP contribution < -0.4 is 32.0 Å². The first kappa shape index (κ1) is 43.4. The molecule has 0 radical (unpaired) electrons. The molecule has 62 heavy (non-hydrogen) atoms. The number of ether oxygens (including phenoxy) is 4. The van der Waals surface area contributed by atoms with E-state index in [1.165, 1.54) is 13.2 Å². The number of carbonyl (C=O) groups excluding carboxylic acids is 4. The zero-order valence-corrected chi connectivity index (χ0v) is 35.9. The summed E-state index contributed by atoms with van der Waals surface area (Å²) in [5, 5.41) is 7.30. The van der Waals surface area contributed by atoms with Gasteiger partial charge in [-0.1, -0.05) is 12.2 Å². The van der Waals surface area contributed by atoms with Gasteiger partial charge in [0.2, 0.25) is 23.7 Å². The van der Waals surface area contributed by atoms with E-state index in [-0.39, 0.29) is 42.2 Å². The number of nitrogens with one attached hydrogen (secondary N) is 1. The number of aryl methyl sites for hydroxylation is 2. The summed E-state index contributed by atoms with van der Waals surface area (Å²) in [7, 11) is 1.47. The van der Waals surface area contributed by atoms with Gasteiger partial charge in [-0.3, -0.25) is 29.3 Å². The number of methoxy groups -OCH3 is 1. The minimum atomic E-state index is -0.655.